The van der Waals surface area contributed by atoms with Crippen LogP contribution in [0.1, 0.15) is 43.0 Å². The molecule has 0 unspecified atom stereocenters. The Kier molecular flexibility index (Phi) is 5.38. The number of benzene rings is 1. The van der Waals surface area contributed by atoms with Crippen molar-refractivity contribution in [3.8, 4) is 0 Å². The maximum atomic E-state index is 12.5. The van der Waals surface area contributed by atoms with E-state index >= 15 is 0 Å². The summed E-state index contributed by atoms with van der Waals surface area (Å²) in [6.45, 7) is 2.25. The number of hydrogen-bond donors (Lipinski definition) is 1. The first-order valence-corrected chi connectivity index (χ1v) is 8.68. The molecule has 1 aromatic carbocycles. The molecule has 1 saturated carbocycles. The number of rotatable bonds is 3. The highest BCUT2D eigenvalue weighted by atomic mass is 79.9. The predicted octanol–water partition coefficient (Wildman–Crippen LogP) is 5.07. The van der Waals surface area contributed by atoms with Gasteiger partial charge in [0.2, 0.25) is 0 Å². The Morgan fingerprint density at radius 2 is 1.90 bits per heavy atom. The molecule has 1 N–H and O–H groups in total. The lowest BCUT2D eigenvalue weighted by Gasteiger charge is -2.39. The molecule has 0 spiro atoms. The molecule has 0 saturated heterocycles. The number of carbonyl (C=O) groups excluding carboxylic acids is 1. The van der Waals surface area contributed by atoms with Crippen molar-refractivity contribution in [2.24, 2.45) is 5.92 Å². The molecule has 0 aliphatic heterocycles. The molecule has 0 atom stereocenters. The summed E-state index contributed by atoms with van der Waals surface area (Å²) in [6.07, 6.45) is 4.21. The zero-order valence-corrected chi connectivity index (χ0v) is 14.5. The standard InChI is InChI=1S/C15H18BrCl2NO/c1-10-5-7-15(9-16,8-6-10)19-14(20)13-11(17)3-2-4-12(13)18/h2-4,10H,5-9H2,1H3,(H,19,20). The van der Waals surface area contributed by atoms with Gasteiger partial charge in [0.25, 0.3) is 5.91 Å². The molecule has 1 aromatic rings. The molecular weight excluding hydrogens is 361 g/mol. The normalized spacial score (nSPS) is 26.3. The zero-order valence-electron chi connectivity index (χ0n) is 11.4. The lowest BCUT2D eigenvalue weighted by molar-refractivity contribution is 0.0874. The van der Waals surface area contributed by atoms with Crippen LogP contribution >= 0.6 is 39.1 Å². The van der Waals surface area contributed by atoms with E-state index in [0.717, 1.165) is 36.9 Å². The topological polar surface area (TPSA) is 29.1 Å². The first-order chi connectivity index (χ1) is 9.47. The second-order valence-electron chi connectivity index (χ2n) is 5.65. The number of carbonyl (C=O) groups is 1. The minimum Gasteiger partial charge on any atom is -0.346 e. The van der Waals surface area contributed by atoms with E-state index in [-0.39, 0.29) is 11.4 Å². The molecule has 5 heteroatoms. The van der Waals surface area contributed by atoms with Crippen molar-refractivity contribution in [1.82, 2.24) is 5.32 Å². The smallest absolute Gasteiger partial charge is 0.254 e. The first kappa shape index (κ1) is 16.1. The van der Waals surface area contributed by atoms with Crippen LogP contribution in [0.3, 0.4) is 0 Å². The molecule has 0 radical (unpaired) electrons. The van der Waals surface area contributed by atoms with Crippen molar-refractivity contribution < 1.29 is 4.79 Å². The average molecular weight is 379 g/mol. The van der Waals surface area contributed by atoms with Gasteiger partial charge in [0.1, 0.15) is 0 Å². The van der Waals surface area contributed by atoms with Crippen LogP contribution in [0.2, 0.25) is 10.0 Å². The maximum absolute atomic E-state index is 12.5. The SMILES string of the molecule is CC1CCC(CBr)(NC(=O)c2c(Cl)cccc2Cl)CC1. The van der Waals surface area contributed by atoms with Crippen LogP contribution in [0, 0.1) is 5.92 Å². The van der Waals surface area contributed by atoms with Gasteiger partial charge in [-0.15, -0.1) is 0 Å². The van der Waals surface area contributed by atoms with Crippen LogP contribution in [-0.4, -0.2) is 16.8 Å². The fraction of sp³-hybridized carbons (Fsp3) is 0.533. The predicted molar refractivity (Wildman–Crippen MR) is 88.1 cm³/mol. The van der Waals surface area contributed by atoms with Gasteiger partial charge in [-0.2, -0.15) is 0 Å². The van der Waals surface area contributed by atoms with Gasteiger partial charge in [-0.05, 0) is 43.7 Å². The number of alkyl halides is 1. The van der Waals surface area contributed by atoms with Gasteiger partial charge >= 0.3 is 0 Å². The lowest BCUT2D eigenvalue weighted by atomic mass is 9.78. The summed E-state index contributed by atoms with van der Waals surface area (Å²) >= 11 is 15.7. The highest BCUT2D eigenvalue weighted by Gasteiger charge is 2.35. The molecule has 0 heterocycles. The van der Waals surface area contributed by atoms with Crippen molar-refractivity contribution in [2.75, 3.05) is 5.33 Å². The molecule has 0 bridgehead atoms. The third-order valence-corrected chi connectivity index (χ3v) is 5.76. The second-order valence-corrected chi connectivity index (χ2v) is 7.02. The molecule has 110 valence electrons. The summed E-state index contributed by atoms with van der Waals surface area (Å²) in [6, 6.07) is 5.11. The highest BCUT2D eigenvalue weighted by molar-refractivity contribution is 9.09. The molecule has 1 aliphatic rings. The highest BCUT2D eigenvalue weighted by Crippen LogP contribution is 2.34. The van der Waals surface area contributed by atoms with Crippen LogP contribution < -0.4 is 5.32 Å². The Morgan fingerprint density at radius 3 is 2.40 bits per heavy atom. The lowest BCUT2D eigenvalue weighted by Crippen LogP contribution is -2.52. The fourth-order valence-corrected chi connectivity index (χ4v) is 3.89. The molecular formula is C15H18BrCl2NO. The van der Waals surface area contributed by atoms with Crippen LogP contribution in [0.25, 0.3) is 0 Å². The Hall–Kier alpha value is -0.250. The van der Waals surface area contributed by atoms with E-state index in [4.69, 9.17) is 23.2 Å². The second kappa shape index (κ2) is 6.67. The summed E-state index contributed by atoms with van der Waals surface area (Å²) < 4.78 is 0. The van der Waals surface area contributed by atoms with E-state index in [9.17, 15) is 4.79 Å². The van der Waals surface area contributed by atoms with Gasteiger partial charge in [0.05, 0.1) is 21.1 Å². The molecule has 2 nitrogen and oxygen atoms in total. The molecule has 20 heavy (non-hydrogen) atoms. The minimum atomic E-state index is -0.188. The van der Waals surface area contributed by atoms with Gasteiger partial charge in [0.15, 0.2) is 0 Å². The number of nitrogens with one attached hydrogen (secondary N) is 1. The Bertz CT molecular complexity index is 478. The van der Waals surface area contributed by atoms with E-state index in [0.29, 0.717) is 15.6 Å². The number of hydrogen-bond acceptors (Lipinski definition) is 1. The monoisotopic (exact) mass is 377 g/mol. The minimum absolute atomic E-state index is 0.186. The van der Waals surface area contributed by atoms with Gasteiger partial charge in [-0.1, -0.05) is 52.1 Å². The third-order valence-electron chi connectivity index (χ3n) is 4.06. The van der Waals surface area contributed by atoms with Crippen molar-refractivity contribution in [1.29, 1.82) is 0 Å². The van der Waals surface area contributed by atoms with Gasteiger partial charge in [0, 0.05) is 5.33 Å². The fourth-order valence-electron chi connectivity index (χ4n) is 2.62. The van der Waals surface area contributed by atoms with Crippen molar-refractivity contribution in [2.45, 2.75) is 38.1 Å². The maximum Gasteiger partial charge on any atom is 0.254 e. The van der Waals surface area contributed by atoms with Crippen LogP contribution in [0.4, 0.5) is 0 Å². The number of halogens is 3. The molecule has 2 rings (SSSR count). The molecule has 1 amide bonds. The van der Waals surface area contributed by atoms with E-state index in [1.165, 1.54) is 0 Å². The van der Waals surface area contributed by atoms with Crippen molar-refractivity contribution >= 4 is 45.0 Å². The van der Waals surface area contributed by atoms with E-state index < -0.39 is 0 Å². The van der Waals surface area contributed by atoms with Crippen LogP contribution in [0.5, 0.6) is 0 Å². The summed E-state index contributed by atoms with van der Waals surface area (Å²) in [5.41, 5.74) is 0.182. The Balaban J connectivity index is 2.18. The van der Waals surface area contributed by atoms with Gasteiger partial charge in [-0.25, -0.2) is 0 Å². The first-order valence-electron chi connectivity index (χ1n) is 6.80. The Morgan fingerprint density at radius 1 is 1.35 bits per heavy atom. The van der Waals surface area contributed by atoms with Crippen LogP contribution in [0.15, 0.2) is 18.2 Å². The van der Waals surface area contributed by atoms with Crippen molar-refractivity contribution in [3.05, 3.63) is 33.8 Å². The number of amides is 1. The largest absolute Gasteiger partial charge is 0.346 e. The summed E-state index contributed by atoms with van der Waals surface area (Å²) in [7, 11) is 0. The molecule has 1 fully saturated rings. The van der Waals surface area contributed by atoms with E-state index in [1.807, 2.05) is 0 Å². The average Bonchev–Trinajstić information content (AvgIpc) is 2.41. The van der Waals surface area contributed by atoms with Gasteiger partial charge < -0.3 is 5.32 Å². The Labute approximate surface area is 138 Å². The van der Waals surface area contributed by atoms with Crippen molar-refractivity contribution in [3.63, 3.8) is 0 Å². The van der Waals surface area contributed by atoms with E-state index in [1.54, 1.807) is 18.2 Å². The van der Waals surface area contributed by atoms with Gasteiger partial charge in [-0.3, -0.25) is 4.79 Å². The van der Waals surface area contributed by atoms with Crippen LogP contribution in [-0.2, 0) is 0 Å². The quantitative estimate of drug-likeness (QED) is 0.731. The summed E-state index contributed by atoms with van der Waals surface area (Å²) in [5, 5.41) is 4.68. The van der Waals surface area contributed by atoms with E-state index in [2.05, 4.69) is 28.2 Å². The summed E-state index contributed by atoms with van der Waals surface area (Å²) in [4.78, 5) is 12.5. The molecule has 1 aliphatic carbocycles. The molecule has 0 aromatic heterocycles. The zero-order chi connectivity index (χ0) is 14.8. The summed E-state index contributed by atoms with van der Waals surface area (Å²) in [5.74, 6) is 0.539. The third kappa shape index (κ3) is 3.49.